The predicted molar refractivity (Wildman–Crippen MR) is 302 cm³/mol. The Bertz CT molecular complexity index is 2080. The van der Waals surface area contributed by atoms with Crippen LogP contribution in [0.3, 0.4) is 0 Å². The van der Waals surface area contributed by atoms with Crippen molar-refractivity contribution >= 4 is 101 Å². The molecule has 0 unspecified atom stereocenters. The summed E-state index contributed by atoms with van der Waals surface area (Å²) in [6.45, 7) is 43.2. The minimum atomic E-state index is -1.83. The Morgan fingerprint density at radius 2 is 0.574 bits per heavy atom. The number of para-hydroxylation sites is 4. The van der Waals surface area contributed by atoms with E-state index in [1.54, 1.807) is 0 Å². The van der Waals surface area contributed by atoms with Gasteiger partial charge >= 0.3 is 418 Å². The second kappa shape index (κ2) is 29.6. The fourth-order valence-electron chi connectivity index (χ4n) is 8.54. The van der Waals surface area contributed by atoms with Crippen LogP contribution in [0.4, 0.5) is 29.8 Å². The second-order valence-corrected chi connectivity index (χ2v) is 22.9. The smallest absolute Gasteiger partial charge is 1.00 e. The molecule has 0 aliphatic heterocycles. The Morgan fingerprint density at radius 1 is 0.382 bits per heavy atom. The van der Waals surface area contributed by atoms with Crippen molar-refractivity contribution in [3.8, 4) is 0 Å². The quantitative estimate of drug-likeness (QED) is 0.0734. The predicted octanol–water partition coefficient (Wildman–Crippen LogP) is 17.6. The summed E-state index contributed by atoms with van der Waals surface area (Å²) in [5.74, 6) is 2.87. The molecule has 0 saturated heterocycles. The first-order valence-electron chi connectivity index (χ1n) is 24.3. The van der Waals surface area contributed by atoms with Crippen LogP contribution in [0, 0.1) is 0 Å². The van der Waals surface area contributed by atoms with E-state index >= 15 is 0 Å². The van der Waals surface area contributed by atoms with Gasteiger partial charge in [0, 0.05) is 0 Å². The molecule has 68 heavy (non-hydrogen) atoms. The number of allylic oxidation sites excluding steroid dienone is 4. The first kappa shape index (κ1) is 63.3. The molecule has 0 fully saturated rings. The molecule has 0 spiro atoms. The molecule has 0 heterocycles. The zero-order valence-electron chi connectivity index (χ0n) is 45.1. The van der Waals surface area contributed by atoms with E-state index in [9.17, 15) is 7.00 Å². The number of rotatable bonds is 18. The number of anilines is 2. The van der Waals surface area contributed by atoms with Gasteiger partial charge < -0.3 is 34.1 Å². The van der Waals surface area contributed by atoms with E-state index < -0.39 is 32.2 Å². The zero-order valence-corrected chi connectivity index (χ0v) is 52.7. The summed E-state index contributed by atoms with van der Waals surface area (Å²) in [6.07, 6.45) is 4.09. The second-order valence-electron chi connectivity index (χ2n) is 20.3. The van der Waals surface area contributed by atoms with Gasteiger partial charge in [-0.25, -0.2) is 0 Å². The molecule has 0 aromatic heterocycles. The monoisotopic (exact) mass is 1180 g/mol. The normalized spacial score (nSPS) is 12.7. The van der Waals surface area contributed by atoms with Crippen LogP contribution in [0.1, 0.15) is 230 Å². The molecular formula is C58H82F2Ge2N4Se2-2. The number of hydrogen-bond donors (Lipinski definition) is 0. The van der Waals surface area contributed by atoms with Crippen LogP contribution in [-0.2, 0) is 0 Å². The Morgan fingerprint density at radius 3 is 0.750 bits per heavy atom. The largest absolute Gasteiger partial charge is 1.00 e. The molecule has 4 nitrogen and oxygen atoms in total. The van der Waals surface area contributed by atoms with E-state index in [1.807, 2.05) is 47.6 Å². The maximum atomic E-state index is 14.7. The van der Waals surface area contributed by atoms with Gasteiger partial charge in [0.25, 0.3) is 0 Å². The van der Waals surface area contributed by atoms with Crippen molar-refractivity contribution < 1.29 is 7.00 Å². The summed E-state index contributed by atoms with van der Waals surface area (Å²) in [4.78, 5) is 10.1. The van der Waals surface area contributed by atoms with Crippen molar-refractivity contribution in [1.82, 2.24) is 0 Å². The van der Waals surface area contributed by atoms with Gasteiger partial charge in [0.2, 0.25) is 0 Å². The fourth-order valence-corrected chi connectivity index (χ4v) is 10.8. The topological polar surface area (TPSA) is 31.2 Å². The van der Waals surface area contributed by atoms with Crippen LogP contribution in [0.25, 0.3) is 0 Å². The van der Waals surface area contributed by atoms with E-state index in [1.165, 1.54) is 44.5 Å². The molecule has 0 aliphatic rings. The van der Waals surface area contributed by atoms with E-state index in [-0.39, 0.29) is 34.1 Å². The molecular weight excluding hydrogens is 1090 g/mol. The summed E-state index contributed by atoms with van der Waals surface area (Å²) >= 11 is -3.66. The van der Waals surface area contributed by atoms with Gasteiger partial charge in [-0.3, -0.25) is 0 Å². The van der Waals surface area contributed by atoms with Crippen molar-refractivity contribution in [2.24, 2.45) is 9.98 Å². The van der Waals surface area contributed by atoms with Crippen molar-refractivity contribution in [2.75, 3.05) is 7.71 Å². The third kappa shape index (κ3) is 16.7. The number of benzene rings is 4. The van der Waals surface area contributed by atoms with Gasteiger partial charge in [0.1, 0.15) is 0 Å². The van der Waals surface area contributed by atoms with Crippen LogP contribution in [0.2, 0.25) is 0 Å². The average molecular weight is 1180 g/mol. The fraction of sp³-hybridized carbons (Fsp3) is 0.483. The molecule has 0 atom stereocenters. The Kier molecular flexibility index (Phi) is 27.5. The van der Waals surface area contributed by atoms with E-state index in [4.69, 9.17) is 9.98 Å². The standard InChI is InChI=1S/2C29H41FGeN2.2Se/c2*1-18(2)24-13-11-14-25(19(3)4)28(24)32-22(9)17-23(10)33(31-30)29-26(20(5)6)15-12-16-27(29)21(7)8;;/h2*11-21H,1-10H3;;/q;;2*-1/b2*23-17-,32-22?;;. The van der Waals surface area contributed by atoms with E-state index in [2.05, 4.69) is 184 Å². The summed E-state index contributed by atoms with van der Waals surface area (Å²) in [5.41, 5.74) is 17.7. The number of halogens is 2. The Labute approximate surface area is 448 Å². The van der Waals surface area contributed by atoms with Gasteiger partial charge in [0.05, 0.1) is 0 Å². The minimum absolute atomic E-state index is 0. The molecule has 370 valence electrons. The first-order valence-corrected chi connectivity index (χ1v) is 27.8. The molecule has 0 saturated carbocycles. The minimum Gasteiger partial charge on any atom is -1.00 e. The Balaban J connectivity index is 0.000000661. The van der Waals surface area contributed by atoms with Crippen molar-refractivity contribution in [3.05, 3.63) is 141 Å². The number of hydrogen-bond acceptors (Lipinski definition) is 4. The molecule has 10 heteroatoms. The summed E-state index contributed by atoms with van der Waals surface area (Å²) in [7, 11) is 0. The average Bonchev–Trinajstić information content (AvgIpc) is 3.23. The van der Waals surface area contributed by atoms with Gasteiger partial charge in [0.15, 0.2) is 0 Å². The number of aliphatic imine (C=N–C) groups is 2. The van der Waals surface area contributed by atoms with Crippen molar-refractivity contribution in [1.29, 1.82) is 0 Å². The maximum Gasteiger partial charge on any atom is -1.00 e. The molecule has 0 N–H and O–H groups in total. The molecule has 0 bridgehead atoms. The molecule has 4 rings (SSSR count). The Hall–Kier alpha value is -2.72. The van der Waals surface area contributed by atoms with Crippen LogP contribution in [0.15, 0.2) is 106 Å². The maximum absolute atomic E-state index is 14.7. The SMILES string of the molecule is CC(/C=C(/C)[N]([Ge][F])c1c(C(C)C)cccc1C(C)C)=Nc1c(C(C)C)cccc1C(C)C.CC(/C=C(/C)[N]([Ge][F])c1c(C(C)C)cccc1C(C)C)=Nc1c(C(C)C)cccc1C(C)C.[Se-].[Se-]. The van der Waals surface area contributed by atoms with Gasteiger partial charge in [-0.15, -0.1) is 0 Å². The van der Waals surface area contributed by atoms with Crippen molar-refractivity contribution in [3.63, 3.8) is 0 Å². The summed E-state index contributed by atoms with van der Waals surface area (Å²) in [6, 6.07) is 25.7. The van der Waals surface area contributed by atoms with Crippen LogP contribution in [-0.4, -0.2) is 77.8 Å². The molecule has 4 aromatic carbocycles. The first-order chi connectivity index (χ1) is 31.0. The molecule has 4 aromatic rings. The van der Waals surface area contributed by atoms with Crippen LogP contribution >= 0.6 is 0 Å². The van der Waals surface area contributed by atoms with Gasteiger partial charge in [-0.2, -0.15) is 0 Å². The van der Waals surface area contributed by atoms with E-state index in [0.717, 1.165) is 45.6 Å². The van der Waals surface area contributed by atoms with Gasteiger partial charge in [-0.05, 0) is 0 Å². The van der Waals surface area contributed by atoms with Gasteiger partial charge in [-0.1, -0.05) is 0 Å². The molecule has 6 radical (unpaired) electrons. The summed E-state index contributed by atoms with van der Waals surface area (Å²) in [5, 5.41) is 0. The summed E-state index contributed by atoms with van der Waals surface area (Å²) < 4.78 is 33.2. The third-order valence-electron chi connectivity index (χ3n) is 12.1. The zero-order chi connectivity index (χ0) is 49.7. The number of nitrogens with zero attached hydrogens (tertiary/aromatic N) is 4. The molecule has 0 amide bonds. The van der Waals surface area contributed by atoms with Crippen LogP contribution < -0.4 is 7.71 Å². The van der Waals surface area contributed by atoms with Crippen molar-refractivity contribution in [2.45, 2.75) is 186 Å². The van der Waals surface area contributed by atoms with Crippen LogP contribution in [0.5, 0.6) is 0 Å². The van der Waals surface area contributed by atoms with E-state index in [0.29, 0.717) is 47.3 Å². The third-order valence-corrected chi connectivity index (χ3v) is 15.2. The molecule has 0 aliphatic carbocycles.